The lowest BCUT2D eigenvalue weighted by molar-refractivity contribution is 0.836. The summed E-state index contributed by atoms with van der Waals surface area (Å²) in [6, 6.07) is 7.72. The molecule has 0 N–H and O–H groups in total. The third kappa shape index (κ3) is 2.44. The number of benzene rings is 1. The molecular formula is C16H16OS. The predicted octanol–water partition coefficient (Wildman–Crippen LogP) is 4.57. The lowest BCUT2D eigenvalue weighted by Crippen LogP contribution is -2.06. The van der Waals surface area contributed by atoms with E-state index in [0.717, 1.165) is 20.5 Å². The summed E-state index contributed by atoms with van der Waals surface area (Å²) in [5.74, 6) is 0.429. The molecule has 0 radical (unpaired) electrons. The second-order valence-electron chi connectivity index (χ2n) is 4.51. The van der Waals surface area contributed by atoms with Gasteiger partial charge in [-0.15, -0.1) is 11.3 Å². The molecule has 0 saturated heterocycles. The molecule has 2 aromatic rings. The van der Waals surface area contributed by atoms with Crippen molar-refractivity contribution in [2.24, 2.45) is 5.92 Å². The van der Waals surface area contributed by atoms with Gasteiger partial charge in [0.1, 0.15) is 0 Å². The molecule has 2 heteroatoms. The fourth-order valence-corrected chi connectivity index (χ4v) is 2.78. The van der Waals surface area contributed by atoms with Crippen LogP contribution < -0.4 is 5.43 Å². The molecule has 1 aromatic heterocycles. The monoisotopic (exact) mass is 256 g/mol. The molecule has 1 heterocycles. The van der Waals surface area contributed by atoms with Crippen LogP contribution in [0, 0.1) is 5.92 Å². The average molecular weight is 256 g/mol. The molecule has 0 bridgehead atoms. The summed E-state index contributed by atoms with van der Waals surface area (Å²) in [6.07, 6.45) is 5.73. The van der Waals surface area contributed by atoms with E-state index in [-0.39, 0.29) is 5.43 Å². The predicted molar refractivity (Wildman–Crippen MR) is 82.1 cm³/mol. The van der Waals surface area contributed by atoms with Gasteiger partial charge in [0, 0.05) is 20.5 Å². The maximum Gasteiger partial charge on any atom is 0.195 e. The standard InChI is InChI=1S/C16H16OS/c1-4-14-13(10-9-11(2)3)16(17)12-7-5-6-8-15(12)18-14/h4-11H,1H2,2-3H3/b10-9-. The largest absolute Gasteiger partial charge is 0.289 e. The highest BCUT2D eigenvalue weighted by Gasteiger charge is 2.07. The van der Waals surface area contributed by atoms with Crippen molar-refractivity contribution < 1.29 is 0 Å². The van der Waals surface area contributed by atoms with Crippen molar-refractivity contribution in [2.75, 3.05) is 0 Å². The maximum atomic E-state index is 12.4. The third-order valence-electron chi connectivity index (χ3n) is 2.69. The first kappa shape index (κ1) is 12.8. The molecule has 0 unspecified atom stereocenters. The SMILES string of the molecule is C=Cc1sc2ccccc2c(=O)c1/C=C\C(C)C. The second-order valence-corrected chi connectivity index (χ2v) is 5.60. The molecule has 0 aliphatic carbocycles. The number of allylic oxidation sites excluding steroid dienone is 1. The molecule has 0 aliphatic heterocycles. The van der Waals surface area contributed by atoms with Crippen LogP contribution in [0.15, 0.2) is 41.7 Å². The summed E-state index contributed by atoms with van der Waals surface area (Å²) < 4.78 is 1.01. The van der Waals surface area contributed by atoms with E-state index in [2.05, 4.69) is 20.4 Å². The minimum atomic E-state index is 0.0937. The Morgan fingerprint density at radius 1 is 1.28 bits per heavy atom. The van der Waals surface area contributed by atoms with Crippen LogP contribution in [0.3, 0.4) is 0 Å². The van der Waals surface area contributed by atoms with Gasteiger partial charge in [0.25, 0.3) is 0 Å². The van der Waals surface area contributed by atoms with E-state index in [4.69, 9.17) is 0 Å². The minimum Gasteiger partial charge on any atom is -0.289 e. The summed E-state index contributed by atoms with van der Waals surface area (Å²) in [5.41, 5.74) is 0.846. The van der Waals surface area contributed by atoms with Crippen molar-refractivity contribution in [2.45, 2.75) is 13.8 Å². The Morgan fingerprint density at radius 2 is 2.00 bits per heavy atom. The van der Waals surface area contributed by atoms with E-state index in [9.17, 15) is 4.79 Å². The van der Waals surface area contributed by atoms with Gasteiger partial charge in [-0.25, -0.2) is 0 Å². The van der Waals surface area contributed by atoms with E-state index in [1.54, 1.807) is 17.4 Å². The van der Waals surface area contributed by atoms with Gasteiger partial charge in [-0.1, -0.05) is 50.8 Å². The minimum absolute atomic E-state index is 0.0937. The van der Waals surface area contributed by atoms with Crippen LogP contribution in [0.4, 0.5) is 0 Å². The topological polar surface area (TPSA) is 17.1 Å². The van der Waals surface area contributed by atoms with Crippen molar-refractivity contribution in [3.8, 4) is 0 Å². The first-order valence-corrected chi connectivity index (χ1v) is 6.81. The zero-order valence-corrected chi connectivity index (χ0v) is 11.5. The highest BCUT2D eigenvalue weighted by atomic mass is 32.1. The molecule has 92 valence electrons. The summed E-state index contributed by atoms with van der Waals surface area (Å²) in [6.45, 7) is 8.00. The van der Waals surface area contributed by atoms with Crippen molar-refractivity contribution in [1.29, 1.82) is 0 Å². The quantitative estimate of drug-likeness (QED) is 0.786. The summed E-state index contributed by atoms with van der Waals surface area (Å²) >= 11 is 1.61. The number of hydrogen-bond acceptors (Lipinski definition) is 2. The molecule has 0 fully saturated rings. The average Bonchev–Trinajstić information content (AvgIpc) is 2.37. The summed E-state index contributed by atoms with van der Waals surface area (Å²) in [7, 11) is 0. The van der Waals surface area contributed by atoms with Crippen molar-refractivity contribution in [3.63, 3.8) is 0 Å². The normalized spacial score (nSPS) is 11.5. The van der Waals surface area contributed by atoms with Crippen molar-refractivity contribution in [3.05, 3.63) is 57.6 Å². The summed E-state index contributed by atoms with van der Waals surface area (Å²) in [5, 5.41) is 0.788. The van der Waals surface area contributed by atoms with Gasteiger partial charge in [-0.3, -0.25) is 4.79 Å². The smallest absolute Gasteiger partial charge is 0.195 e. The first-order chi connectivity index (χ1) is 8.63. The van der Waals surface area contributed by atoms with Gasteiger partial charge < -0.3 is 0 Å². The molecule has 1 nitrogen and oxygen atoms in total. The molecule has 1 aromatic carbocycles. The molecule has 0 spiro atoms. The van der Waals surface area contributed by atoms with E-state index < -0.39 is 0 Å². The number of hydrogen-bond donors (Lipinski definition) is 0. The van der Waals surface area contributed by atoms with Crippen LogP contribution in [0.2, 0.25) is 0 Å². The zero-order valence-electron chi connectivity index (χ0n) is 10.6. The van der Waals surface area contributed by atoms with Crippen LogP contribution in [0.1, 0.15) is 24.3 Å². The van der Waals surface area contributed by atoms with E-state index in [0.29, 0.717) is 5.92 Å². The number of rotatable bonds is 3. The van der Waals surface area contributed by atoms with Crippen LogP contribution in [0.25, 0.3) is 22.2 Å². The molecule has 0 saturated carbocycles. The zero-order chi connectivity index (χ0) is 13.1. The Bertz CT molecular complexity index is 662. The van der Waals surface area contributed by atoms with Gasteiger partial charge in [0.15, 0.2) is 5.43 Å². The highest BCUT2D eigenvalue weighted by Crippen LogP contribution is 2.23. The van der Waals surface area contributed by atoms with Gasteiger partial charge in [0.2, 0.25) is 0 Å². The molecule has 2 rings (SSSR count). The molecular weight excluding hydrogens is 240 g/mol. The Kier molecular flexibility index (Phi) is 3.78. The second kappa shape index (κ2) is 5.32. The number of fused-ring (bicyclic) bond motifs is 1. The Balaban J connectivity index is 2.74. The van der Waals surface area contributed by atoms with Crippen LogP contribution in [-0.2, 0) is 0 Å². The molecule has 0 atom stereocenters. The van der Waals surface area contributed by atoms with E-state index in [1.165, 1.54) is 0 Å². The van der Waals surface area contributed by atoms with Crippen LogP contribution in [-0.4, -0.2) is 0 Å². The van der Waals surface area contributed by atoms with Crippen molar-refractivity contribution >= 4 is 33.6 Å². The fraction of sp³-hybridized carbons (Fsp3) is 0.188. The molecule has 18 heavy (non-hydrogen) atoms. The first-order valence-electron chi connectivity index (χ1n) is 6.00. The van der Waals surface area contributed by atoms with Crippen LogP contribution >= 0.6 is 11.3 Å². The summed E-state index contributed by atoms with van der Waals surface area (Å²) in [4.78, 5) is 13.4. The van der Waals surface area contributed by atoms with Gasteiger partial charge in [0.05, 0.1) is 0 Å². The highest BCUT2D eigenvalue weighted by molar-refractivity contribution is 7.19. The Morgan fingerprint density at radius 3 is 2.67 bits per heavy atom. The van der Waals surface area contributed by atoms with Crippen LogP contribution in [0.5, 0.6) is 0 Å². The molecule has 0 amide bonds. The van der Waals surface area contributed by atoms with Crippen molar-refractivity contribution in [1.82, 2.24) is 0 Å². The third-order valence-corrected chi connectivity index (χ3v) is 3.88. The fourth-order valence-electron chi connectivity index (χ4n) is 1.77. The lowest BCUT2D eigenvalue weighted by Gasteiger charge is -2.03. The Hall–Kier alpha value is -1.67. The van der Waals surface area contributed by atoms with E-state index in [1.807, 2.05) is 36.4 Å². The van der Waals surface area contributed by atoms with Gasteiger partial charge in [-0.2, -0.15) is 0 Å². The van der Waals surface area contributed by atoms with Gasteiger partial charge >= 0.3 is 0 Å². The Labute approximate surface area is 111 Å². The van der Waals surface area contributed by atoms with E-state index >= 15 is 0 Å². The maximum absolute atomic E-state index is 12.4. The van der Waals surface area contributed by atoms with Gasteiger partial charge in [-0.05, 0) is 18.1 Å². The molecule has 0 aliphatic rings. The lowest BCUT2D eigenvalue weighted by atomic mass is 10.1.